The van der Waals surface area contributed by atoms with E-state index in [0.717, 1.165) is 19.3 Å². The zero-order chi connectivity index (χ0) is 10.5. The van der Waals surface area contributed by atoms with Crippen LogP contribution in [0.25, 0.3) is 0 Å². The molecule has 0 aromatic carbocycles. The molecule has 3 N–H and O–H groups in total. The van der Waals surface area contributed by atoms with Crippen molar-refractivity contribution < 1.29 is 0 Å². The Morgan fingerprint density at radius 1 is 1.54 bits per heavy atom. The van der Waals surface area contributed by atoms with E-state index < -0.39 is 0 Å². The van der Waals surface area contributed by atoms with E-state index in [1.807, 2.05) is 0 Å². The summed E-state index contributed by atoms with van der Waals surface area (Å²) in [6.07, 6.45) is 3.27. The molecule has 0 heterocycles. The lowest BCUT2D eigenvalue weighted by Crippen LogP contribution is -2.45. The summed E-state index contributed by atoms with van der Waals surface area (Å²) >= 11 is 0. The zero-order valence-electron chi connectivity index (χ0n) is 9.48. The fourth-order valence-electron chi connectivity index (χ4n) is 1.34. The van der Waals surface area contributed by atoms with Gasteiger partial charge in [0.15, 0.2) is 0 Å². The highest BCUT2D eigenvalue weighted by Gasteiger charge is 2.25. The van der Waals surface area contributed by atoms with E-state index in [1.54, 1.807) is 0 Å². The Balaban J connectivity index is 4.09. The Labute approximate surface area is 82.6 Å². The van der Waals surface area contributed by atoms with Crippen molar-refractivity contribution in [2.75, 3.05) is 0 Å². The third kappa shape index (κ3) is 4.44. The predicted octanol–water partition coefficient (Wildman–Crippen LogP) is 2.61. The molecule has 0 aliphatic carbocycles. The first-order valence-corrected chi connectivity index (χ1v) is 5.04. The minimum Gasteiger partial charge on any atom is -0.271 e. The molecule has 0 aromatic heterocycles. The molecule has 0 saturated carbocycles. The van der Waals surface area contributed by atoms with Crippen LogP contribution < -0.4 is 11.3 Å². The minimum atomic E-state index is 0.268. The molecule has 13 heavy (non-hydrogen) atoms. The fraction of sp³-hybridized carbons (Fsp3) is 0.818. The normalized spacial score (nSPS) is 14.2. The second-order valence-corrected chi connectivity index (χ2v) is 4.56. The number of hydrogen-bond acceptors (Lipinski definition) is 2. The molecule has 1 atom stereocenters. The first kappa shape index (κ1) is 12.7. The van der Waals surface area contributed by atoms with Crippen molar-refractivity contribution in [3.63, 3.8) is 0 Å². The highest BCUT2D eigenvalue weighted by Crippen LogP contribution is 2.27. The summed E-state index contributed by atoms with van der Waals surface area (Å²) < 4.78 is 0. The van der Waals surface area contributed by atoms with Crippen molar-refractivity contribution in [2.45, 2.75) is 53.0 Å². The summed E-state index contributed by atoms with van der Waals surface area (Å²) in [7, 11) is 0. The molecule has 0 bridgehead atoms. The van der Waals surface area contributed by atoms with Crippen molar-refractivity contribution in [3.8, 4) is 0 Å². The van der Waals surface area contributed by atoms with Crippen molar-refractivity contribution in [3.05, 3.63) is 12.2 Å². The van der Waals surface area contributed by atoms with Gasteiger partial charge in [-0.15, -0.1) is 6.58 Å². The number of nitrogens with one attached hydrogen (secondary N) is 1. The molecule has 0 aliphatic heterocycles. The first-order chi connectivity index (χ1) is 5.94. The van der Waals surface area contributed by atoms with Crippen molar-refractivity contribution >= 4 is 0 Å². The van der Waals surface area contributed by atoms with E-state index in [1.165, 1.54) is 5.57 Å². The lowest BCUT2D eigenvalue weighted by atomic mass is 9.79. The highest BCUT2D eigenvalue weighted by atomic mass is 15.2. The van der Waals surface area contributed by atoms with Crippen LogP contribution in [-0.2, 0) is 0 Å². The molecule has 0 aliphatic rings. The Bertz CT molecular complexity index is 161. The maximum Gasteiger partial charge on any atom is 0.0264 e. The number of rotatable bonds is 6. The topological polar surface area (TPSA) is 38.0 Å². The van der Waals surface area contributed by atoms with Crippen LogP contribution in [0.2, 0.25) is 0 Å². The molecular weight excluding hydrogens is 160 g/mol. The lowest BCUT2D eigenvalue weighted by Gasteiger charge is -2.33. The summed E-state index contributed by atoms with van der Waals surface area (Å²) in [4.78, 5) is 0. The smallest absolute Gasteiger partial charge is 0.0264 e. The average molecular weight is 184 g/mol. The van der Waals surface area contributed by atoms with Crippen molar-refractivity contribution in [2.24, 2.45) is 11.3 Å². The zero-order valence-corrected chi connectivity index (χ0v) is 9.48. The Hall–Kier alpha value is -0.340. The molecule has 0 radical (unpaired) electrons. The molecule has 0 saturated heterocycles. The van der Waals surface area contributed by atoms with Crippen molar-refractivity contribution in [1.82, 2.24) is 5.43 Å². The van der Waals surface area contributed by atoms with Gasteiger partial charge >= 0.3 is 0 Å². The van der Waals surface area contributed by atoms with Gasteiger partial charge in [-0.25, -0.2) is 0 Å². The summed E-state index contributed by atoms with van der Waals surface area (Å²) in [5.74, 6) is 5.54. The van der Waals surface area contributed by atoms with E-state index in [4.69, 9.17) is 5.84 Å². The Kier molecular flexibility index (Phi) is 5.26. The summed E-state index contributed by atoms with van der Waals surface area (Å²) in [6.45, 7) is 12.7. The third-order valence-corrected chi connectivity index (χ3v) is 2.92. The predicted molar refractivity (Wildman–Crippen MR) is 59.2 cm³/mol. The number of allylic oxidation sites excluding steroid dienone is 1. The maximum atomic E-state index is 5.54. The molecule has 2 heteroatoms. The van der Waals surface area contributed by atoms with Crippen LogP contribution in [0.4, 0.5) is 0 Å². The maximum absolute atomic E-state index is 5.54. The number of hydrazine groups is 1. The van der Waals surface area contributed by atoms with Crippen LogP contribution >= 0.6 is 0 Å². The Morgan fingerprint density at radius 2 is 2.08 bits per heavy atom. The van der Waals surface area contributed by atoms with Crippen molar-refractivity contribution in [1.29, 1.82) is 0 Å². The highest BCUT2D eigenvalue weighted by molar-refractivity contribution is 4.91. The monoisotopic (exact) mass is 184 g/mol. The van der Waals surface area contributed by atoms with E-state index >= 15 is 0 Å². The van der Waals surface area contributed by atoms with E-state index in [0.29, 0.717) is 6.04 Å². The van der Waals surface area contributed by atoms with Crippen LogP contribution in [-0.4, -0.2) is 6.04 Å². The van der Waals surface area contributed by atoms with Crippen LogP contribution in [0.1, 0.15) is 47.0 Å². The third-order valence-electron chi connectivity index (χ3n) is 2.92. The quantitative estimate of drug-likeness (QED) is 0.378. The van der Waals surface area contributed by atoms with Gasteiger partial charge < -0.3 is 0 Å². The number of hydrogen-bond donors (Lipinski definition) is 2. The van der Waals surface area contributed by atoms with Gasteiger partial charge in [0, 0.05) is 6.04 Å². The van der Waals surface area contributed by atoms with Crippen LogP contribution in [0.3, 0.4) is 0 Å². The molecule has 0 amide bonds. The van der Waals surface area contributed by atoms with E-state index in [-0.39, 0.29) is 5.41 Å². The van der Waals surface area contributed by atoms with Crippen LogP contribution in [0.15, 0.2) is 12.2 Å². The van der Waals surface area contributed by atoms with Crippen LogP contribution in [0.5, 0.6) is 0 Å². The number of nitrogens with two attached hydrogens (primary N) is 1. The first-order valence-electron chi connectivity index (χ1n) is 5.04. The largest absolute Gasteiger partial charge is 0.271 e. The van der Waals surface area contributed by atoms with Gasteiger partial charge in [-0.1, -0.05) is 26.3 Å². The molecule has 1 unspecified atom stereocenters. The van der Waals surface area contributed by atoms with Gasteiger partial charge in [0.05, 0.1) is 0 Å². The summed E-state index contributed by atoms with van der Waals surface area (Å²) in [6, 6.07) is 0.384. The standard InChI is InChI=1S/C11H24N2/c1-6-11(4,5)10(13-12)8-7-9(2)3/h10,13H,2,6-8,12H2,1,3-5H3. The van der Waals surface area contributed by atoms with E-state index in [9.17, 15) is 0 Å². The average Bonchev–Trinajstić information content (AvgIpc) is 2.04. The molecule has 78 valence electrons. The van der Waals surface area contributed by atoms with E-state index in [2.05, 4.69) is 39.7 Å². The van der Waals surface area contributed by atoms with Gasteiger partial charge in [-0.05, 0) is 31.6 Å². The van der Waals surface area contributed by atoms with Gasteiger partial charge in [0.2, 0.25) is 0 Å². The molecule has 0 aromatic rings. The molecule has 0 fully saturated rings. The summed E-state index contributed by atoms with van der Waals surface area (Å²) in [5.41, 5.74) is 4.40. The second kappa shape index (κ2) is 5.40. The molecule has 2 nitrogen and oxygen atoms in total. The van der Waals surface area contributed by atoms with Gasteiger partial charge in [0.25, 0.3) is 0 Å². The van der Waals surface area contributed by atoms with Gasteiger partial charge in [0.1, 0.15) is 0 Å². The summed E-state index contributed by atoms with van der Waals surface area (Å²) in [5, 5.41) is 0. The van der Waals surface area contributed by atoms with Gasteiger partial charge in [-0.2, -0.15) is 0 Å². The van der Waals surface area contributed by atoms with Crippen LogP contribution in [0, 0.1) is 5.41 Å². The fourth-order valence-corrected chi connectivity index (χ4v) is 1.34. The molecule has 0 rings (SSSR count). The van der Waals surface area contributed by atoms with Gasteiger partial charge in [-0.3, -0.25) is 11.3 Å². The second-order valence-electron chi connectivity index (χ2n) is 4.56. The SMILES string of the molecule is C=C(C)CCC(NN)C(C)(C)CC. The Morgan fingerprint density at radius 3 is 2.38 bits per heavy atom. The lowest BCUT2D eigenvalue weighted by molar-refractivity contribution is 0.222. The minimum absolute atomic E-state index is 0.268. The molecular formula is C11H24N2. The molecule has 0 spiro atoms.